The Morgan fingerprint density at radius 1 is 0.404 bits per heavy atom. The van der Waals surface area contributed by atoms with Crippen LogP contribution in [0.2, 0.25) is 0 Å². The number of para-hydroxylation sites is 3. The summed E-state index contributed by atoms with van der Waals surface area (Å²) >= 11 is 0. The molecule has 1 aliphatic carbocycles. The fourth-order valence-corrected chi connectivity index (χ4v) is 13.3. The molecule has 15 rings (SSSR count). The summed E-state index contributed by atoms with van der Waals surface area (Å²) in [7, 11) is 0. The zero-order valence-electron chi connectivity index (χ0n) is 31.6. The van der Waals surface area contributed by atoms with Gasteiger partial charge in [0.25, 0.3) is 6.71 Å². The van der Waals surface area contributed by atoms with Crippen LogP contribution >= 0.6 is 0 Å². The normalized spacial score (nSPS) is 15.9. The molecule has 57 heavy (non-hydrogen) atoms. The number of hydrogen-bond donors (Lipinski definition) is 0. The molecule has 0 radical (unpaired) electrons. The van der Waals surface area contributed by atoms with Crippen molar-refractivity contribution in [1.29, 1.82) is 0 Å². The van der Waals surface area contributed by atoms with Crippen LogP contribution in [0.5, 0.6) is 0 Å². The van der Waals surface area contributed by atoms with E-state index < -0.39 is 0 Å². The Bertz CT molecular complexity index is 3460. The van der Waals surface area contributed by atoms with Crippen LogP contribution < -0.4 is 49.2 Å². The van der Waals surface area contributed by atoms with Crippen molar-refractivity contribution in [2.75, 3.05) is 0 Å². The smallest absolute Gasteiger partial charge is 0.252 e. The van der Waals surface area contributed by atoms with E-state index in [2.05, 4.69) is 155 Å². The molecule has 0 N–H and O–H groups in total. The van der Waals surface area contributed by atoms with Crippen LogP contribution in [0.3, 0.4) is 0 Å². The first-order valence-electron chi connectivity index (χ1n) is 21.3. The van der Waals surface area contributed by atoms with Gasteiger partial charge in [-0.3, -0.25) is 0 Å². The molecule has 0 saturated heterocycles. The molecule has 6 heterocycles. The van der Waals surface area contributed by atoms with E-state index in [1.807, 2.05) is 0 Å². The molecule has 0 spiro atoms. The SMILES string of the molecule is c1ccc(B2c3c(C4CCCCC4)c4c5c6c3-n3c7c2cccc7c2cccc(c23)B6c2cccc3c6c7ccccc7cc(c6n-5c23)B4c2ccccc2)cc1. The van der Waals surface area contributed by atoms with Crippen molar-refractivity contribution in [3.05, 3.63) is 151 Å². The standard InChI is InChI=1S/C52H35B3N2/c1-4-15-30(16-5-1)42-44-51-46-52-45(42)54(33-20-8-3-9-21-33)41-29-31-17-10-11-22-34(31)43-37-25-14-28-40(49(37)57(52)50(41)43)55(46)39-27-13-24-36-35-23-12-26-38(47(35)56(51)48(36)39)53(44)32-18-6-2-7-19-32/h2-3,6-14,17-30H,1,4-5,15-16H2. The number of aromatic nitrogens is 2. The Kier molecular flexibility index (Phi) is 5.48. The minimum absolute atomic E-state index is 0.112. The Morgan fingerprint density at radius 2 is 0.912 bits per heavy atom. The Balaban J connectivity index is 1.27. The molecule has 5 heteroatoms. The summed E-state index contributed by atoms with van der Waals surface area (Å²) in [6.07, 6.45) is 6.42. The van der Waals surface area contributed by atoms with Crippen molar-refractivity contribution in [2.45, 2.75) is 38.0 Å². The zero-order chi connectivity index (χ0) is 36.7. The first-order chi connectivity index (χ1) is 28.4. The molecular formula is C52H35B3N2. The van der Waals surface area contributed by atoms with Gasteiger partial charge < -0.3 is 9.13 Å². The molecule has 2 aromatic heterocycles. The molecule has 1 saturated carbocycles. The minimum Gasteiger partial charge on any atom is -0.311 e. The number of benzene rings is 8. The maximum absolute atomic E-state index is 2.82. The van der Waals surface area contributed by atoms with Gasteiger partial charge in [0, 0.05) is 55.0 Å². The van der Waals surface area contributed by atoms with E-state index in [4.69, 9.17) is 0 Å². The molecule has 2 nitrogen and oxygen atoms in total. The number of nitrogens with zero attached hydrogens (tertiary/aromatic N) is 2. The topological polar surface area (TPSA) is 9.86 Å². The Morgan fingerprint density at radius 3 is 1.56 bits per heavy atom. The van der Waals surface area contributed by atoms with Crippen molar-refractivity contribution in [1.82, 2.24) is 9.13 Å². The highest BCUT2D eigenvalue weighted by Gasteiger charge is 2.51. The molecule has 10 aromatic rings. The van der Waals surface area contributed by atoms with Crippen LogP contribution in [-0.2, 0) is 0 Å². The monoisotopic (exact) mass is 720 g/mol. The maximum Gasteiger partial charge on any atom is 0.252 e. The zero-order valence-corrected chi connectivity index (χ0v) is 31.6. The van der Waals surface area contributed by atoms with Gasteiger partial charge in [-0.2, -0.15) is 0 Å². The lowest BCUT2D eigenvalue weighted by Gasteiger charge is -2.45. The summed E-state index contributed by atoms with van der Waals surface area (Å²) in [6.45, 7) is 0.385. The third-order valence-electron chi connectivity index (χ3n) is 15.1. The van der Waals surface area contributed by atoms with Gasteiger partial charge in [0.15, 0.2) is 0 Å². The van der Waals surface area contributed by atoms with Crippen molar-refractivity contribution in [2.24, 2.45) is 0 Å². The van der Waals surface area contributed by atoms with Gasteiger partial charge in [-0.25, -0.2) is 0 Å². The van der Waals surface area contributed by atoms with Crippen molar-refractivity contribution in [3.8, 4) is 11.4 Å². The molecule has 5 aliphatic rings. The van der Waals surface area contributed by atoms with Crippen LogP contribution in [0.15, 0.2) is 146 Å². The molecule has 262 valence electrons. The highest BCUT2D eigenvalue weighted by Crippen LogP contribution is 2.44. The van der Waals surface area contributed by atoms with Gasteiger partial charge in [0.2, 0.25) is 13.4 Å². The summed E-state index contributed by atoms with van der Waals surface area (Å²) in [5.41, 5.74) is 23.6. The molecule has 8 aromatic carbocycles. The number of hydrogen-bond acceptors (Lipinski definition) is 0. The molecule has 0 atom stereocenters. The molecular weight excluding hydrogens is 685 g/mol. The Labute approximate surface area is 332 Å². The van der Waals surface area contributed by atoms with Crippen molar-refractivity contribution >= 4 is 124 Å². The van der Waals surface area contributed by atoms with E-state index in [1.54, 1.807) is 16.5 Å². The van der Waals surface area contributed by atoms with Gasteiger partial charge in [-0.15, -0.1) is 0 Å². The largest absolute Gasteiger partial charge is 0.311 e. The minimum atomic E-state index is 0.112. The first-order valence-corrected chi connectivity index (χ1v) is 21.3. The van der Waals surface area contributed by atoms with Crippen LogP contribution in [0, 0.1) is 0 Å². The lowest BCUT2D eigenvalue weighted by atomic mass is 9.26. The average molecular weight is 720 g/mol. The summed E-state index contributed by atoms with van der Waals surface area (Å²) < 4.78 is 5.61. The second kappa shape index (κ2) is 10.4. The van der Waals surface area contributed by atoms with E-state index in [-0.39, 0.29) is 20.1 Å². The van der Waals surface area contributed by atoms with E-state index in [0.29, 0.717) is 5.92 Å². The van der Waals surface area contributed by atoms with Gasteiger partial charge in [0.1, 0.15) is 0 Å². The fraction of sp³-hybridized carbons (Fsp3) is 0.115. The summed E-state index contributed by atoms with van der Waals surface area (Å²) in [5, 5.41) is 8.29. The van der Waals surface area contributed by atoms with Gasteiger partial charge in [-0.1, -0.05) is 181 Å². The molecule has 1 fully saturated rings. The lowest BCUT2D eigenvalue weighted by molar-refractivity contribution is 0.446. The second-order valence-electron chi connectivity index (χ2n) is 17.6. The molecule has 0 amide bonds. The highest BCUT2D eigenvalue weighted by molar-refractivity contribution is 7.06. The van der Waals surface area contributed by atoms with Crippen LogP contribution in [0.25, 0.3) is 65.8 Å². The maximum atomic E-state index is 2.82. The summed E-state index contributed by atoms with van der Waals surface area (Å²) in [6, 6.07) is 56.7. The van der Waals surface area contributed by atoms with Crippen LogP contribution in [0.1, 0.15) is 43.6 Å². The van der Waals surface area contributed by atoms with E-state index >= 15 is 0 Å². The van der Waals surface area contributed by atoms with E-state index in [0.717, 1.165) is 0 Å². The molecule has 0 unspecified atom stereocenters. The van der Waals surface area contributed by atoms with Crippen LogP contribution in [-0.4, -0.2) is 29.3 Å². The first kappa shape index (κ1) is 30.0. The number of rotatable bonds is 3. The predicted molar refractivity (Wildman–Crippen MR) is 245 cm³/mol. The summed E-state index contributed by atoms with van der Waals surface area (Å²) in [4.78, 5) is 0. The van der Waals surface area contributed by atoms with E-state index in [9.17, 15) is 0 Å². The quantitative estimate of drug-likeness (QED) is 0.202. The molecule has 0 bridgehead atoms. The van der Waals surface area contributed by atoms with Gasteiger partial charge in [0.05, 0.1) is 0 Å². The lowest BCUT2D eigenvalue weighted by Crippen LogP contribution is -2.71. The second-order valence-corrected chi connectivity index (χ2v) is 17.6. The molecule has 4 aliphatic heterocycles. The third-order valence-corrected chi connectivity index (χ3v) is 15.1. The number of fused-ring (bicyclic) bond motifs is 6. The predicted octanol–water partition coefficient (Wildman–Crippen LogP) is 5.88. The summed E-state index contributed by atoms with van der Waals surface area (Å²) in [5.74, 6) is 0.492. The third kappa shape index (κ3) is 3.41. The highest BCUT2D eigenvalue weighted by atomic mass is 15.0. The van der Waals surface area contributed by atoms with Crippen molar-refractivity contribution in [3.63, 3.8) is 0 Å². The van der Waals surface area contributed by atoms with Gasteiger partial charge >= 0.3 is 0 Å². The van der Waals surface area contributed by atoms with Crippen LogP contribution in [0.4, 0.5) is 0 Å². The average Bonchev–Trinajstić information content (AvgIpc) is 3.81. The van der Waals surface area contributed by atoms with Gasteiger partial charge in [-0.05, 0) is 67.8 Å². The Hall–Kier alpha value is -6.19. The van der Waals surface area contributed by atoms with E-state index in [1.165, 1.54) is 136 Å². The van der Waals surface area contributed by atoms with Crippen molar-refractivity contribution < 1.29 is 0 Å². The fourth-order valence-electron chi connectivity index (χ4n) is 13.3.